The normalized spacial score (nSPS) is 10.8. The average Bonchev–Trinajstić information content (AvgIpc) is 2.85. The van der Waals surface area contributed by atoms with Crippen molar-refractivity contribution in [2.45, 2.75) is 4.90 Å². The number of benzene rings is 3. The lowest BCUT2D eigenvalue weighted by Gasteiger charge is -2.13. The number of nitrogens with one attached hydrogen (secondary N) is 3. The zero-order valence-corrected chi connectivity index (χ0v) is 21.2. The average molecular weight is 525 g/mol. The molecule has 186 valence electrons. The van der Waals surface area contributed by atoms with E-state index in [1.165, 1.54) is 37.4 Å². The largest absolute Gasteiger partial charge is 0.497 e. The number of rotatable bonds is 10. The van der Waals surface area contributed by atoms with Crippen LogP contribution in [0.2, 0.25) is 0 Å². The van der Waals surface area contributed by atoms with Crippen LogP contribution >= 0.6 is 12.2 Å². The number of sulfonamides is 1. The topological polar surface area (TPSA) is 115 Å². The predicted molar refractivity (Wildman–Crippen MR) is 143 cm³/mol. The highest BCUT2D eigenvalue weighted by Crippen LogP contribution is 2.20. The van der Waals surface area contributed by atoms with Gasteiger partial charge in [0.25, 0.3) is 15.9 Å². The third-order valence-corrected chi connectivity index (χ3v) is 6.41. The van der Waals surface area contributed by atoms with Gasteiger partial charge < -0.3 is 19.5 Å². The van der Waals surface area contributed by atoms with Crippen LogP contribution in [0.1, 0.15) is 10.4 Å². The first-order valence-corrected chi connectivity index (χ1v) is 12.5. The lowest BCUT2D eigenvalue weighted by molar-refractivity contribution is 0.0977. The lowest BCUT2D eigenvalue weighted by Crippen LogP contribution is -2.34. The summed E-state index contributed by atoms with van der Waals surface area (Å²) in [6.45, 7) is 0.742. The standard InChI is InChI=1S/C24H24BN3O6S2/c1-32-13-14-34-22-12-3-16(15-21(22)25)23(29)27-24(35)26-17-6-10-20(11-7-17)36(30,31)28-18-4-8-19(33-2)9-5-18/h3-12,15,28H,13-14H2,1-2H3,(H2,26,27,29,35). The van der Waals surface area contributed by atoms with Gasteiger partial charge in [-0.15, -0.1) is 0 Å². The first kappa shape index (κ1) is 27.0. The summed E-state index contributed by atoms with van der Waals surface area (Å²) >= 11 is 5.20. The number of thiocarbonyl (C=S) groups is 1. The number of carbonyl (C=O) groups excluding carboxylic acids is 1. The molecule has 0 heterocycles. The van der Waals surface area contributed by atoms with E-state index in [0.29, 0.717) is 47.1 Å². The fourth-order valence-corrected chi connectivity index (χ4v) is 4.25. The maximum Gasteiger partial charge on any atom is 0.261 e. The van der Waals surface area contributed by atoms with Crippen molar-refractivity contribution in [1.82, 2.24) is 5.32 Å². The number of carbonyl (C=O) groups is 1. The van der Waals surface area contributed by atoms with Gasteiger partial charge >= 0.3 is 0 Å². The van der Waals surface area contributed by atoms with Crippen LogP contribution in [-0.2, 0) is 14.8 Å². The number of anilines is 2. The molecule has 0 bridgehead atoms. The van der Waals surface area contributed by atoms with Gasteiger partial charge in [0.1, 0.15) is 26.0 Å². The highest BCUT2D eigenvalue weighted by molar-refractivity contribution is 7.92. The minimum atomic E-state index is -3.80. The first-order chi connectivity index (χ1) is 17.2. The molecule has 3 N–H and O–H groups in total. The molecule has 2 radical (unpaired) electrons. The summed E-state index contributed by atoms with van der Waals surface area (Å²) in [5.74, 6) is 0.593. The van der Waals surface area contributed by atoms with E-state index in [-0.39, 0.29) is 10.0 Å². The molecule has 0 aliphatic carbocycles. The second-order valence-corrected chi connectivity index (χ2v) is 9.45. The van der Waals surface area contributed by atoms with Crippen molar-refractivity contribution in [3.05, 3.63) is 72.3 Å². The van der Waals surface area contributed by atoms with Crippen molar-refractivity contribution < 1.29 is 27.4 Å². The molecular weight excluding hydrogens is 501 g/mol. The summed E-state index contributed by atoms with van der Waals surface area (Å²) in [5.41, 5.74) is 1.49. The summed E-state index contributed by atoms with van der Waals surface area (Å²) in [5, 5.41) is 5.43. The van der Waals surface area contributed by atoms with E-state index in [9.17, 15) is 13.2 Å². The molecule has 9 nitrogen and oxygen atoms in total. The Kier molecular flexibility index (Phi) is 9.28. The molecule has 1 amide bonds. The van der Waals surface area contributed by atoms with Crippen LogP contribution in [0.5, 0.6) is 11.5 Å². The molecule has 3 aromatic rings. The highest BCUT2D eigenvalue weighted by atomic mass is 32.2. The molecule has 0 aliphatic heterocycles. The Bertz CT molecular complexity index is 1320. The molecule has 0 aromatic heterocycles. The van der Waals surface area contributed by atoms with Gasteiger partial charge in [0.05, 0.1) is 18.6 Å². The van der Waals surface area contributed by atoms with E-state index in [1.54, 1.807) is 43.5 Å². The highest BCUT2D eigenvalue weighted by Gasteiger charge is 2.15. The zero-order chi connectivity index (χ0) is 26.1. The molecule has 0 spiro atoms. The molecular formula is C24H24BN3O6S2. The fraction of sp³-hybridized carbons (Fsp3) is 0.167. The summed E-state index contributed by atoms with van der Waals surface area (Å²) in [7, 11) is 5.25. The second-order valence-electron chi connectivity index (χ2n) is 7.36. The molecule has 3 rings (SSSR count). The minimum absolute atomic E-state index is 0.0333. The van der Waals surface area contributed by atoms with Crippen LogP contribution in [0.15, 0.2) is 71.6 Å². The Morgan fingerprint density at radius 3 is 2.22 bits per heavy atom. The van der Waals surface area contributed by atoms with Crippen molar-refractivity contribution in [3.8, 4) is 11.5 Å². The number of methoxy groups -OCH3 is 2. The summed E-state index contributed by atoms with van der Waals surface area (Å²) in [6.07, 6.45) is 0. The van der Waals surface area contributed by atoms with E-state index in [0.717, 1.165) is 0 Å². The quantitative estimate of drug-likeness (QED) is 0.210. The molecule has 0 saturated heterocycles. The second kappa shape index (κ2) is 12.4. The molecule has 0 saturated carbocycles. The van der Waals surface area contributed by atoms with Crippen LogP contribution in [0, 0.1) is 0 Å². The molecule has 36 heavy (non-hydrogen) atoms. The van der Waals surface area contributed by atoms with Gasteiger partial charge in [-0.2, -0.15) is 0 Å². The number of hydrogen-bond acceptors (Lipinski definition) is 7. The molecule has 3 aromatic carbocycles. The monoisotopic (exact) mass is 525 g/mol. The van der Waals surface area contributed by atoms with Gasteiger partial charge in [0, 0.05) is 24.0 Å². The Labute approximate surface area is 216 Å². The van der Waals surface area contributed by atoms with Crippen molar-refractivity contribution >= 4 is 57.9 Å². The SMILES string of the molecule is [B]c1cc(C(=O)NC(=S)Nc2ccc(S(=O)(=O)Nc3ccc(OC)cc3)cc2)ccc1OCCOC. The van der Waals surface area contributed by atoms with Crippen molar-refractivity contribution in [2.75, 3.05) is 37.5 Å². The van der Waals surface area contributed by atoms with Crippen molar-refractivity contribution in [2.24, 2.45) is 0 Å². The van der Waals surface area contributed by atoms with Gasteiger partial charge in [0.15, 0.2) is 5.11 Å². The van der Waals surface area contributed by atoms with Crippen LogP contribution < -0.4 is 30.3 Å². The third-order valence-electron chi connectivity index (χ3n) is 4.81. The maximum atomic E-state index is 12.6. The van der Waals surface area contributed by atoms with Crippen LogP contribution in [-0.4, -0.2) is 54.7 Å². The van der Waals surface area contributed by atoms with Gasteiger partial charge in [-0.05, 0) is 72.9 Å². The van der Waals surface area contributed by atoms with Crippen molar-refractivity contribution in [3.63, 3.8) is 0 Å². The first-order valence-electron chi connectivity index (χ1n) is 10.6. The molecule has 0 aliphatic rings. The van der Waals surface area contributed by atoms with Gasteiger partial charge in [-0.1, -0.05) is 11.5 Å². The van der Waals surface area contributed by atoms with E-state index in [1.807, 2.05) is 0 Å². The summed E-state index contributed by atoms with van der Waals surface area (Å²) in [6, 6.07) is 17.0. The zero-order valence-electron chi connectivity index (χ0n) is 19.6. The maximum absolute atomic E-state index is 12.6. The van der Waals surface area contributed by atoms with Crippen LogP contribution in [0.3, 0.4) is 0 Å². The van der Waals surface area contributed by atoms with Crippen molar-refractivity contribution in [1.29, 1.82) is 0 Å². The molecule has 0 atom stereocenters. The van der Waals surface area contributed by atoms with Gasteiger partial charge in [-0.3, -0.25) is 14.8 Å². The third kappa shape index (κ3) is 7.44. The van der Waals surface area contributed by atoms with E-state index in [4.69, 9.17) is 34.3 Å². The number of ether oxygens (including phenoxy) is 3. The molecule has 0 unspecified atom stereocenters. The Morgan fingerprint density at radius 2 is 1.61 bits per heavy atom. The Hall–Kier alpha value is -3.61. The minimum Gasteiger partial charge on any atom is -0.497 e. The van der Waals surface area contributed by atoms with E-state index >= 15 is 0 Å². The smallest absolute Gasteiger partial charge is 0.261 e. The fourth-order valence-electron chi connectivity index (χ4n) is 2.98. The van der Waals surface area contributed by atoms with E-state index in [2.05, 4.69) is 15.4 Å². The number of hydrogen-bond donors (Lipinski definition) is 3. The summed E-state index contributed by atoms with van der Waals surface area (Å²) in [4.78, 5) is 12.6. The Morgan fingerprint density at radius 1 is 0.944 bits per heavy atom. The van der Waals surface area contributed by atoms with Crippen LogP contribution in [0.25, 0.3) is 0 Å². The predicted octanol–water partition coefficient (Wildman–Crippen LogP) is 2.44. The van der Waals surface area contributed by atoms with Crippen LogP contribution in [0.4, 0.5) is 11.4 Å². The van der Waals surface area contributed by atoms with Gasteiger partial charge in [0.2, 0.25) is 0 Å². The number of amides is 1. The lowest BCUT2D eigenvalue weighted by atomic mass is 9.93. The molecule has 0 fully saturated rings. The molecule has 12 heteroatoms. The summed E-state index contributed by atoms with van der Waals surface area (Å²) < 4.78 is 43.3. The van der Waals surface area contributed by atoms with E-state index < -0.39 is 15.9 Å². The Balaban J connectivity index is 1.57. The van der Waals surface area contributed by atoms with Gasteiger partial charge in [-0.25, -0.2) is 8.42 Å².